The van der Waals surface area contributed by atoms with Crippen molar-refractivity contribution in [3.05, 3.63) is 95.9 Å². The van der Waals surface area contributed by atoms with Gasteiger partial charge in [0.25, 0.3) is 0 Å². The van der Waals surface area contributed by atoms with Gasteiger partial charge in [0.1, 0.15) is 11.8 Å². The molecule has 1 aliphatic heterocycles. The van der Waals surface area contributed by atoms with Crippen LogP contribution in [0.1, 0.15) is 18.0 Å². The zero-order valence-corrected chi connectivity index (χ0v) is 17.7. The maximum Gasteiger partial charge on any atom is 0.320 e. The highest BCUT2D eigenvalue weighted by Crippen LogP contribution is 2.40. The fraction of sp³-hybridized carbons (Fsp3) is 0.208. The molecule has 3 aromatic rings. The number of benzene rings is 3. The van der Waals surface area contributed by atoms with Crippen LogP contribution < -0.4 is 10.5 Å². The van der Waals surface area contributed by atoms with Crippen LogP contribution in [0.15, 0.2) is 89.7 Å². The molecule has 0 spiro atoms. The molecular formula is C24H24N2O5S. The Morgan fingerprint density at radius 2 is 1.81 bits per heavy atom. The van der Waals surface area contributed by atoms with E-state index in [1.165, 1.54) is 18.2 Å². The van der Waals surface area contributed by atoms with Crippen molar-refractivity contribution in [3.63, 3.8) is 0 Å². The van der Waals surface area contributed by atoms with Gasteiger partial charge in [-0.05, 0) is 41.8 Å². The molecule has 0 unspecified atom stereocenters. The number of carboxylic acids is 1. The zero-order valence-electron chi connectivity index (χ0n) is 21.9. The lowest BCUT2D eigenvalue weighted by atomic mass is 9.87. The van der Waals surface area contributed by atoms with E-state index in [-0.39, 0.29) is 30.2 Å². The molecule has 1 aliphatic rings. The maximum absolute atomic E-state index is 13.4. The number of aliphatic carboxylic acids is 1. The van der Waals surface area contributed by atoms with Gasteiger partial charge in [-0.2, -0.15) is 4.31 Å². The molecule has 0 saturated carbocycles. The number of carbonyl (C=O) groups is 1. The van der Waals surface area contributed by atoms with E-state index in [4.69, 9.17) is 22.4 Å². The number of hydrogen-bond acceptors (Lipinski definition) is 5. The topological polar surface area (TPSA) is 110 Å². The number of nitrogens with zero attached hydrogens (tertiary/aromatic N) is 1. The molecule has 1 atom stereocenters. The minimum atomic E-state index is -4.03. The molecule has 0 aromatic heterocycles. The average Bonchev–Trinajstić information content (AvgIpc) is 2.86. The first-order chi connectivity index (χ1) is 17.4. The molecule has 0 aliphatic carbocycles. The number of rotatable bonds is 8. The molecule has 0 amide bonds. The molecule has 4 rings (SSSR count). The van der Waals surface area contributed by atoms with Gasteiger partial charge in [-0.15, -0.1) is 0 Å². The van der Waals surface area contributed by atoms with E-state index in [9.17, 15) is 13.2 Å². The SMILES string of the molecule is [2H]c1c([2H])c([2H])c(OC2(c3ccccc3)CN(S(=O)(=O)c3cccc(C[C@H](N)C(=O)O)c3)C2)c([2H])c1[2H]. The number of hydrogen-bond donors (Lipinski definition) is 2. The Labute approximate surface area is 194 Å². The van der Waals surface area contributed by atoms with Crippen LogP contribution in [0.25, 0.3) is 0 Å². The lowest BCUT2D eigenvalue weighted by molar-refractivity contribution is -0.138. The van der Waals surface area contributed by atoms with Gasteiger partial charge in [-0.1, -0.05) is 60.6 Å². The van der Waals surface area contributed by atoms with Crippen LogP contribution in [0.5, 0.6) is 5.75 Å². The van der Waals surface area contributed by atoms with Gasteiger partial charge in [0, 0.05) is 0 Å². The largest absolute Gasteiger partial charge is 0.480 e. The monoisotopic (exact) mass is 457 g/mol. The summed E-state index contributed by atoms with van der Waals surface area (Å²) in [7, 11) is -4.03. The molecular weight excluding hydrogens is 428 g/mol. The Morgan fingerprint density at radius 1 is 1.12 bits per heavy atom. The predicted octanol–water partition coefficient (Wildman–Crippen LogP) is 2.62. The van der Waals surface area contributed by atoms with Crippen molar-refractivity contribution in [3.8, 4) is 5.75 Å². The molecule has 166 valence electrons. The first kappa shape index (κ1) is 16.4. The second kappa shape index (κ2) is 8.74. The van der Waals surface area contributed by atoms with Crippen LogP contribution in [0.4, 0.5) is 0 Å². The van der Waals surface area contributed by atoms with E-state index in [0.717, 1.165) is 4.31 Å². The van der Waals surface area contributed by atoms with Gasteiger partial charge in [-0.3, -0.25) is 4.79 Å². The number of para-hydroxylation sites is 1. The van der Waals surface area contributed by atoms with Crippen LogP contribution in [0.2, 0.25) is 0 Å². The third-order valence-corrected chi connectivity index (χ3v) is 7.03. The van der Waals surface area contributed by atoms with Crippen molar-refractivity contribution in [2.45, 2.75) is 23.0 Å². The number of sulfonamides is 1. The van der Waals surface area contributed by atoms with Gasteiger partial charge < -0.3 is 15.6 Å². The van der Waals surface area contributed by atoms with Crippen LogP contribution in [0, 0.1) is 0 Å². The van der Waals surface area contributed by atoms with Gasteiger partial charge >= 0.3 is 5.97 Å². The van der Waals surface area contributed by atoms with Crippen molar-refractivity contribution in [2.24, 2.45) is 5.73 Å². The number of carboxylic acid groups (broad SMARTS) is 1. The summed E-state index contributed by atoms with van der Waals surface area (Å²) < 4.78 is 74.1. The summed E-state index contributed by atoms with van der Waals surface area (Å²) in [5.41, 5.74) is 5.31. The van der Waals surface area contributed by atoms with Crippen LogP contribution in [-0.4, -0.2) is 42.9 Å². The van der Waals surface area contributed by atoms with E-state index in [1.807, 2.05) is 0 Å². The van der Waals surface area contributed by atoms with E-state index in [0.29, 0.717) is 11.1 Å². The summed E-state index contributed by atoms with van der Waals surface area (Å²) in [6.45, 7) is -0.360. The van der Waals surface area contributed by atoms with Gasteiger partial charge in [0.2, 0.25) is 10.0 Å². The molecule has 1 heterocycles. The standard InChI is InChI=1S/C24H24N2O5S/c25-22(23(27)28)15-18-8-7-13-21(14-18)32(29,30)26-16-24(17-26,19-9-3-1-4-10-19)31-20-11-5-2-6-12-20/h1-14,22H,15-17,25H2,(H,27,28)/t22-/m0/s1/i2D,5D,6D,11D,12D. The van der Waals surface area contributed by atoms with E-state index in [2.05, 4.69) is 0 Å². The molecule has 8 heteroatoms. The third-order valence-electron chi connectivity index (χ3n) is 5.25. The summed E-state index contributed by atoms with van der Waals surface area (Å²) >= 11 is 0. The van der Waals surface area contributed by atoms with Crippen molar-refractivity contribution in [2.75, 3.05) is 13.1 Å². The fourth-order valence-corrected chi connectivity index (χ4v) is 5.16. The lowest BCUT2D eigenvalue weighted by Gasteiger charge is -2.48. The van der Waals surface area contributed by atoms with Crippen molar-refractivity contribution in [1.29, 1.82) is 0 Å². The second-order valence-corrected chi connectivity index (χ2v) is 9.42. The first-order valence-electron chi connectivity index (χ1n) is 12.3. The van der Waals surface area contributed by atoms with Gasteiger partial charge in [-0.25, -0.2) is 8.42 Å². The Balaban J connectivity index is 1.67. The van der Waals surface area contributed by atoms with Crippen LogP contribution >= 0.6 is 0 Å². The lowest BCUT2D eigenvalue weighted by Crippen LogP contribution is -2.63. The maximum atomic E-state index is 13.4. The average molecular weight is 458 g/mol. The summed E-state index contributed by atoms with van der Waals surface area (Å²) in [6.07, 6.45) is -0.0504. The highest BCUT2D eigenvalue weighted by Gasteiger charge is 2.52. The van der Waals surface area contributed by atoms with Crippen LogP contribution in [0.3, 0.4) is 0 Å². The summed E-state index contributed by atoms with van der Waals surface area (Å²) in [4.78, 5) is 11.0. The quantitative estimate of drug-likeness (QED) is 0.538. The summed E-state index contributed by atoms with van der Waals surface area (Å²) in [5, 5.41) is 9.06. The second-order valence-electron chi connectivity index (χ2n) is 7.49. The summed E-state index contributed by atoms with van der Waals surface area (Å²) in [6, 6.07) is 10.6. The Bertz CT molecular complexity index is 1430. The van der Waals surface area contributed by atoms with Crippen LogP contribution in [-0.2, 0) is 26.8 Å². The molecule has 1 fully saturated rings. The normalized spacial score (nSPS) is 18.8. The van der Waals surface area contributed by atoms with Crippen molar-refractivity contribution >= 4 is 16.0 Å². The smallest absolute Gasteiger partial charge is 0.320 e. The van der Waals surface area contributed by atoms with E-state index < -0.39 is 57.8 Å². The molecule has 0 bridgehead atoms. The molecule has 1 saturated heterocycles. The predicted molar refractivity (Wildman–Crippen MR) is 120 cm³/mol. The molecule has 3 aromatic carbocycles. The molecule has 0 radical (unpaired) electrons. The summed E-state index contributed by atoms with van der Waals surface area (Å²) in [5.74, 6) is -1.56. The Kier molecular flexibility index (Phi) is 4.49. The van der Waals surface area contributed by atoms with E-state index >= 15 is 0 Å². The highest BCUT2D eigenvalue weighted by molar-refractivity contribution is 7.89. The Morgan fingerprint density at radius 3 is 2.47 bits per heavy atom. The molecule has 7 nitrogen and oxygen atoms in total. The third kappa shape index (κ3) is 4.38. The minimum Gasteiger partial charge on any atom is -0.480 e. The zero-order chi connectivity index (χ0) is 27.1. The minimum absolute atomic E-state index is 0.0490. The first-order valence-corrected chi connectivity index (χ1v) is 11.2. The highest BCUT2D eigenvalue weighted by atomic mass is 32.2. The van der Waals surface area contributed by atoms with Gasteiger partial charge in [0.05, 0.1) is 24.8 Å². The molecule has 32 heavy (non-hydrogen) atoms. The molecule has 3 N–H and O–H groups in total. The number of nitrogens with two attached hydrogens (primary N) is 1. The van der Waals surface area contributed by atoms with Crippen molar-refractivity contribution < 1.29 is 29.9 Å². The Hall–Kier alpha value is -3.20. The van der Waals surface area contributed by atoms with Crippen molar-refractivity contribution in [1.82, 2.24) is 4.31 Å². The van der Waals surface area contributed by atoms with E-state index in [1.54, 1.807) is 36.4 Å². The number of ether oxygens (including phenoxy) is 1. The fourth-order valence-electron chi connectivity index (χ4n) is 3.55. The van der Waals surface area contributed by atoms with Gasteiger partial charge in [0.15, 0.2) is 5.60 Å².